The van der Waals surface area contributed by atoms with Gasteiger partial charge in [-0.1, -0.05) is 0 Å². The minimum atomic E-state index is -0.825. The molecule has 32 heavy (non-hydrogen) atoms. The highest BCUT2D eigenvalue weighted by molar-refractivity contribution is 5.98. The minimum Gasteiger partial charge on any atom is -0.497 e. The number of aromatic nitrogens is 1. The number of nitrogens with zero attached hydrogens (tertiary/aromatic N) is 2. The first-order chi connectivity index (χ1) is 15.4. The largest absolute Gasteiger partial charge is 0.497 e. The maximum absolute atomic E-state index is 12.5. The van der Waals surface area contributed by atoms with Crippen LogP contribution < -0.4 is 4.74 Å². The molecule has 0 bridgehead atoms. The smallest absolute Gasteiger partial charge is 0.349 e. The van der Waals surface area contributed by atoms with Crippen LogP contribution in [0.4, 0.5) is 0 Å². The van der Waals surface area contributed by atoms with Crippen LogP contribution in [-0.2, 0) is 20.9 Å². The highest BCUT2D eigenvalue weighted by Gasteiger charge is 2.19. The number of methoxy groups -OCH3 is 2. The van der Waals surface area contributed by atoms with Crippen molar-refractivity contribution in [2.45, 2.75) is 20.5 Å². The Balaban J connectivity index is 1.82. The lowest BCUT2D eigenvalue weighted by Gasteiger charge is -2.10. The molecule has 1 aromatic carbocycles. The highest BCUT2D eigenvalue weighted by Crippen LogP contribution is 2.24. The molecule has 8 heteroatoms. The number of esters is 2. The predicted octanol–water partition coefficient (Wildman–Crippen LogP) is 4.13. The van der Waals surface area contributed by atoms with Crippen LogP contribution in [0.2, 0.25) is 0 Å². The molecule has 0 amide bonds. The van der Waals surface area contributed by atoms with Crippen LogP contribution in [0.15, 0.2) is 52.7 Å². The first-order valence-electron chi connectivity index (χ1n) is 9.66. The summed E-state index contributed by atoms with van der Waals surface area (Å²) in [5, 5.41) is 9.50. The average molecular weight is 434 g/mol. The molecule has 3 rings (SSSR count). The Morgan fingerprint density at radius 2 is 1.88 bits per heavy atom. The van der Waals surface area contributed by atoms with Gasteiger partial charge < -0.3 is 23.2 Å². The zero-order valence-electron chi connectivity index (χ0n) is 18.2. The van der Waals surface area contributed by atoms with Crippen molar-refractivity contribution in [3.8, 4) is 17.5 Å². The number of furan rings is 1. The molecule has 0 aliphatic rings. The monoisotopic (exact) mass is 434 g/mol. The van der Waals surface area contributed by atoms with Crippen molar-refractivity contribution in [2.24, 2.45) is 0 Å². The zero-order chi connectivity index (χ0) is 23.3. The fraction of sp³-hybridized carbons (Fsp3) is 0.208. The van der Waals surface area contributed by atoms with Gasteiger partial charge in [0.2, 0.25) is 0 Å². The van der Waals surface area contributed by atoms with Crippen molar-refractivity contribution in [1.29, 1.82) is 5.26 Å². The van der Waals surface area contributed by atoms with Crippen molar-refractivity contribution >= 4 is 18.0 Å². The van der Waals surface area contributed by atoms with E-state index >= 15 is 0 Å². The number of nitriles is 1. The summed E-state index contributed by atoms with van der Waals surface area (Å²) in [4.78, 5) is 24.2. The molecule has 0 N–H and O–H groups in total. The third kappa shape index (κ3) is 4.57. The Labute approximate surface area is 185 Å². The van der Waals surface area contributed by atoms with Crippen LogP contribution in [0.5, 0.6) is 5.75 Å². The maximum Gasteiger partial charge on any atom is 0.349 e. The fourth-order valence-corrected chi connectivity index (χ4v) is 3.31. The van der Waals surface area contributed by atoms with Crippen molar-refractivity contribution in [1.82, 2.24) is 4.57 Å². The molecule has 0 radical (unpaired) electrons. The van der Waals surface area contributed by atoms with Crippen LogP contribution in [0.25, 0.3) is 11.8 Å². The molecule has 0 aliphatic carbocycles. The van der Waals surface area contributed by atoms with Crippen LogP contribution in [0, 0.1) is 25.2 Å². The van der Waals surface area contributed by atoms with Gasteiger partial charge in [-0.2, -0.15) is 5.26 Å². The fourth-order valence-electron chi connectivity index (χ4n) is 3.31. The van der Waals surface area contributed by atoms with Crippen LogP contribution in [0.1, 0.15) is 33.1 Å². The molecule has 0 saturated heterocycles. The quantitative estimate of drug-likeness (QED) is 0.313. The molecule has 8 nitrogen and oxygen atoms in total. The number of carbonyl (C=O) groups is 2. The van der Waals surface area contributed by atoms with E-state index in [4.69, 9.17) is 13.9 Å². The van der Waals surface area contributed by atoms with E-state index in [0.29, 0.717) is 5.56 Å². The van der Waals surface area contributed by atoms with Gasteiger partial charge in [0.25, 0.3) is 0 Å². The maximum atomic E-state index is 12.5. The lowest BCUT2D eigenvalue weighted by molar-refractivity contribution is -0.140. The lowest BCUT2D eigenvalue weighted by atomic mass is 10.1. The Hall–Kier alpha value is -4.25. The summed E-state index contributed by atoms with van der Waals surface area (Å²) in [6.07, 6.45) is 2.78. The molecule has 0 spiro atoms. The molecule has 164 valence electrons. The minimum absolute atomic E-state index is 0.139. The standard InChI is InChI=1S/C24H22N2O6/c1-15-11-17(16(2)26(15)19-5-7-20(29-3)8-6-19)12-18(13-25)23(27)32-14-22-21(9-10-31-22)24(28)30-4/h5-12H,14H2,1-4H3/b18-12+. The number of carbonyl (C=O) groups excluding carboxylic acids is 2. The van der Waals surface area contributed by atoms with Crippen molar-refractivity contribution in [3.63, 3.8) is 0 Å². The van der Waals surface area contributed by atoms with Gasteiger partial charge in [0.15, 0.2) is 12.4 Å². The summed E-state index contributed by atoms with van der Waals surface area (Å²) in [6, 6.07) is 12.7. The Kier molecular flexibility index (Phi) is 6.80. The SMILES string of the molecule is COC(=O)c1ccoc1COC(=O)/C(C#N)=C/c1cc(C)n(-c2ccc(OC)cc2)c1C. The van der Waals surface area contributed by atoms with E-state index in [-0.39, 0.29) is 23.5 Å². The van der Waals surface area contributed by atoms with E-state index in [0.717, 1.165) is 22.8 Å². The van der Waals surface area contributed by atoms with E-state index in [1.54, 1.807) is 7.11 Å². The topological polar surface area (TPSA) is 104 Å². The molecule has 2 heterocycles. The summed E-state index contributed by atoms with van der Waals surface area (Å²) >= 11 is 0. The van der Waals surface area contributed by atoms with Crippen molar-refractivity contribution in [2.75, 3.05) is 14.2 Å². The number of hydrogen-bond donors (Lipinski definition) is 0. The van der Waals surface area contributed by atoms with Gasteiger partial charge in [-0.3, -0.25) is 0 Å². The van der Waals surface area contributed by atoms with Gasteiger partial charge in [-0.25, -0.2) is 9.59 Å². The number of ether oxygens (including phenoxy) is 3. The molecule has 2 aromatic heterocycles. The van der Waals surface area contributed by atoms with Crippen molar-refractivity contribution in [3.05, 3.63) is 76.5 Å². The molecule has 0 aliphatic heterocycles. The Bertz CT molecular complexity index is 1210. The second-order valence-electron chi connectivity index (χ2n) is 6.85. The molecule has 0 fully saturated rings. The highest BCUT2D eigenvalue weighted by atomic mass is 16.5. The summed E-state index contributed by atoms with van der Waals surface area (Å²) < 4.78 is 22.2. The Morgan fingerprint density at radius 1 is 1.16 bits per heavy atom. The van der Waals surface area contributed by atoms with Gasteiger partial charge in [0.1, 0.15) is 23.0 Å². The summed E-state index contributed by atoms with van der Waals surface area (Å²) in [7, 11) is 2.85. The summed E-state index contributed by atoms with van der Waals surface area (Å²) in [6.45, 7) is 3.53. The van der Waals surface area contributed by atoms with Crippen LogP contribution in [0.3, 0.4) is 0 Å². The molecular weight excluding hydrogens is 412 g/mol. The van der Waals surface area contributed by atoms with E-state index in [1.165, 1.54) is 25.5 Å². The van der Waals surface area contributed by atoms with Gasteiger partial charge >= 0.3 is 11.9 Å². The predicted molar refractivity (Wildman–Crippen MR) is 115 cm³/mol. The molecule has 0 unspecified atom stereocenters. The zero-order valence-corrected chi connectivity index (χ0v) is 18.2. The number of rotatable bonds is 7. The van der Waals surface area contributed by atoms with Gasteiger partial charge in [0, 0.05) is 17.1 Å². The second-order valence-corrected chi connectivity index (χ2v) is 6.85. The normalized spacial score (nSPS) is 11.0. The van der Waals surface area contributed by atoms with Gasteiger partial charge in [-0.05, 0) is 61.9 Å². The average Bonchev–Trinajstić information content (AvgIpc) is 3.39. The van der Waals surface area contributed by atoms with Crippen molar-refractivity contribution < 1.29 is 28.2 Å². The molecular formula is C24H22N2O6. The molecule has 0 atom stereocenters. The van der Waals surface area contributed by atoms with Gasteiger partial charge in [0.05, 0.1) is 20.5 Å². The van der Waals surface area contributed by atoms with E-state index in [9.17, 15) is 14.9 Å². The third-order valence-electron chi connectivity index (χ3n) is 4.93. The second kappa shape index (κ2) is 9.71. The first kappa shape index (κ1) is 22.4. The molecule has 0 saturated carbocycles. The van der Waals surface area contributed by atoms with E-state index in [1.807, 2.05) is 54.8 Å². The van der Waals surface area contributed by atoms with E-state index in [2.05, 4.69) is 4.74 Å². The number of hydrogen-bond acceptors (Lipinski definition) is 7. The summed E-state index contributed by atoms with van der Waals surface area (Å²) in [5.74, 6) is -0.543. The van der Waals surface area contributed by atoms with Crippen LogP contribution >= 0.6 is 0 Å². The van der Waals surface area contributed by atoms with Crippen LogP contribution in [-0.4, -0.2) is 30.7 Å². The third-order valence-corrected chi connectivity index (χ3v) is 4.93. The van der Waals surface area contributed by atoms with Gasteiger partial charge in [-0.15, -0.1) is 0 Å². The number of benzene rings is 1. The summed E-state index contributed by atoms with van der Waals surface area (Å²) in [5.41, 5.74) is 3.40. The van der Waals surface area contributed by atoms with E-state index < -0.39 is 11.9 Å². The number of aryl methyl sites for hydroxylation is 1. The Morgan fingerprint density at radius 3 is 2.50 bits per heavy atom. The first-order valence-corrected chi connectivity index (χ1v) is 9.66. The molecule has 3 aromatic rings. The lowest BCUT2D eigenvalue weighted by Crippen LogP contribution is -2.09.